The number of terminal acetylenes is 1. The van der Waals surface area contributed by atoms with E-state index in [1.807, 2.05) is 30.3 Å². The van der Waals surface area contributed by atoms with Gasteiger partial charge in [-0.15, -0.1) is 6.42 Å². The molecule has 0 N–H and O–H groups in total. The Hall–Kier alpha value is -2.86. The van der Waals surface area contributed by atoms with E-state index in [0.29, 0.717) is 11.3 Å². The van der Waals surface area contributed by atoms with E-state index in [9.17, 15) is 9.59 Å². The van der Waals surface area contributed by atoms with Gasteiger partial charge in [-0.1, -0.05) is 42.3 Å². The van der Waals surface area contributed by atoms with Crippen LogP contribution in [0.5, 0.6) is 0 Å². The van der Waals surface area contributed by atoms with Crippen molar-refractivity contribution in [3.05, 3.63) is 65.7 Å². The Morgan fingerprint density at radius 1 is 1.05 bits per heavy atom. The van der Waals surface area contributed by atoms with Crippen LogP contribution >= 0.6 is 0 Å². The summed E-state index contributed by atoms with van der Waals surface area (Å²) >= 11 is 0. The normalized spacial score (nSPS) is 17.9. The summed E-state index contributed by atoms with van der Waals surface area (Å²) in [5.41, 5.74) is 2.06. The van der Waals surface area contributed by atoms with Crippen molar-refractivity contribution < 1.29 is 9.59 Å². The molecular formula is C18H13NO2. The van der Waals surface area contributed by atoms with Crippen LogP contribution in [-0.4, -0.2) is 11.8 Å². The number of hydrogen-bond donors (Lipinski definition) is 0. The summed E-state index contributed by atoms with van der Waals surface area (Å²) < 4.78 is 0. The molecule has 21 heavy (non-hydrogen) atoms. The first kappa shape index (κ1) is 13.1. The highest BCUT2D eigenvalue weighted by atomic mass is 16.2. The molecule has 0 radical (unpaired) electrons. The second-order valence-electron chi connectivity index (χ2n) is 4.93. The van der Waals surface area contributed by atoms with Gasteiger partial charge < -0.3 is 0 Å². The van der Waals surface area contributed by atoms with Gasteiger partial charge in [-0.05, 0) is 23.8 Å². The maximum atomic E-state index is 12.6. The van der Waals surface area contributed by atoms with Crippen molar-refractivity contribution in [1.82, 2.24) is 0 Å². The van der Waals surface area contributed by atoms with Crippen LogP contribution in [0.25, 0.3) is 0 Å². The molecule has 1 heterocycles. The first-order valence-electron chi connectivity index (χ1n) is 6.69. The van der Waals surface area contributed by atoms with E-state index in [2.05, 4.69) is 5.92 Å². The number of hydrogen-bond acceptors (Lipinski definition) is 2. The number of carbonyl (C=O) groups is 2. The van der Waals surface area contributed by atoms with Gasteiger partial charge in [0.05, 0.1) is 11.6 Å². The van der Waals surface area contributed by atoms with E-state index in [1.54, 1.807) is 24.3 Å². The SMILES string of the molecule is C#Cc1cccc(N2C(=O)CC(c3ccccc3)C2=O)c1. The molecule has 3 nitrogen and oxygen atoms in total. The molecule has 1 aliphatic rings. The van der Waals surface area contributed by atoms with Crippen molar-refractivity contribution >= 4 is 17.5 Å². The van der Waals surface area contributed by atoms with Crippen molar-refractivity contribution in [2.75, 3.05) is 4.90 Å². The van der Waals surface area contributed by atoms with Crippen LogP contribution in [0.3, 0.4) is 0 Å². The lowest BCUT2D eigenvalue weighted by Gasteiger charge is -2.15. The average Bonchev–Trinajstić information content (AvgIpc) is 2.83. The Morgan fingerprint density at radius 2 is 1.81 bits per heavy atom. The van der Waals surface area contributed by atoms with Crippen molar-refractivity contribution in [1.29, 1.82) is 0 Å². The Labute approximate surface area is 123 Å². The van der Waals surface area contributed by atoms with Gasteiger partial charge in [0.15, 0.2) is 0 Å². The zero-order valence-corrected chi connectivity index (χ0v) is 11.3. The quantitative estimate of drug-likeness (QED) is 0.624. The number of rotatable bonds is 2. The third kappa shape index (κ3) is 2.32. The second-order valence-corrected chi connectivity index (χ2v) is 4.93. The number of imide groups is 1. The summed E-state index contributed by atoms with van der Waals surface area (Å²) in [5, 5.41) is 0. The van der Waals surface area contributed by atoms with Gasteiger partial charge in [-0.2, -0.15) is 0 Å². The summed E-state index contributed by atoms with van der Waals surface area (Å²) in [4.78, 5) is 26.0. The molecule has 1 fully saturated rings. The van der Waals surface area contributed by atoms with Crippen LogP contribution < -0.4 is 4.90 Å². The lowest BCUT2D eigenvalue weighted by molar-refractivity contribution is -0.121. The predicted molar refractivity (Wildman–Crippen MR) is 80.7 cm³/mol. The maximum Gasteiger partial charge on any atom is 0.241 e. The highest BCUT2D eigenvalue weighted by molar-refractivity contribution is 6.22. The van der Waals surface area contributed by atoms with Crippen molar-refractivity contribution in [3.63, 3.8) is 0 Å². The van der Waals surface area contributed by atoms with Crippen LogP contribution in [0.2, 0.25) is 0 Å². The van der Waals surface area contributed by atoms with E-state index in [-0.39, 0.29) is 18.2 Å². The van der Waals surface area contributed by atoms with Crippen molar-refractivity contribution in [2.45, 2.75) is 12.3 Å². The fourth-order valence-electron chi connectivity index (χ4n) is 2.58. The molecule has 0 saturated carbocycles. The fraction of sp³-hybridized carbons (Fsp3) is 0.111. The summed E-state index contributed by atoms with van der Waals surface area (Å²) in [6.45, 7) is 0. The van der Waals surface area contributed by atoms with Crippen molar-refractivity contribution in [3.8, 4) is 12.3 Å². The zero-order chi connectivity index (χ0) is 14.8. The Kier molecular flexibility index (Phi) is 3.29. The largest absolute Gasteiger partial charge is 0.274 e. The van der Waals surface area contributed by atoms with E-state index >= 15 is 0 Å². The van der Waals surface area contributed by atoms with Gasteiger partial charge in [-0.25, -0.2) is 4.90 Å². The lowest BCUT2D eigenvalue weighted by atomic mass is 9.98. The Bertz CT molecular complexity index is 743. The molecule has 0 aliphatic carbocycles. The summed E-state index contributed by atoms with van der Waals surface area (Å²) in [5.74, 6) is 1.72. The van der Waals surface area contributed by atoms with E-state index in [4.69, 9.17) is 6.42 Å². The number of nitrogens with zero attached hydrogens (tertiary/aromatic N) is 1. The molecular weight excluding hydrogens is 262 g/mol. The molecule has 3 heteroatoms. The molecule has 2 aromatic carbocycles. The molecule has 0 bridgehead atoms. The molecule has 0 spiro atoms. The molecule has 0 aromatic heterocycles. The molecule has 1 atom stereocenters. The maximum absolute atomic E-state index is 12.6. The van der Waals surface area contributed by atoms with Crippen LogP contribution in [0, 0.1) is 12.3 Å². The minimum absolute atomic E-state index is 0.192. The van der Waals surface area contributed by atoms with Crippen LogP contribution in [0.15, 0.2) is 54.6 Å². The van der Waals surface area contributed by atoms with Crippen molar-refractivity contribution in [2.24, 2.45) is 0 Å². The molecule has 2 aromatic rings. The van der Waals surface area contributed by atoms with E-state index in [0.717, 1.165) is 5.56 Å². The molecule has 3 rings (SSSR count). The topological polar surface area (TPSA) is 37.4 Å². The minimum atomic E-state index is -0.409. The standard InChI is InChI=1S/C18H13NO2/c1-2-13-7-6-10-15(11-13)19-17(20)12-16(18(19)21)14-8-4-3-5-9-14/h1,3-11,16H,12H2. The van der Waals surface area contributed by atoms with Gasteiger partial charge in [0.2, 0.25) is 11.8 Å². The molecule has 102 valence electrons. The monoisotopic (exact) mass is 275 g/mol. The van der Waals surface area contributed by atoms with Gasteiger partial charge in [0, 0.05) is 12.0 Å². The smallest absolute Gasteiger partial charge is 0.241 e. The molecule has 1 aliphatic heterocycles. The zero-order valence-electron chi connectivity index (χ0n) is 11.3. The molecule has 1 unspecified atom stereocenters. The highest BCUT2D eigenvalue weighted by Crippen LogP contribution is 2.33. The minimum Gasteiger partial charge on any atom is -0.274 e. The van der Waals surface area contributed by atoms with Crippen LogP contribution in [0.1, 0.15) is 23.5 Å². The number of anilines is 1. The second kappa shape index (κ2) is 5.26. The first-order chi connectivity index (χ1) is 10.2. The molecule has 1 saturated heterocycles. The van der Waals surface area contributed by atoms with Gasteiger partial charge >= 0.3 is 0 Å². The summed E-state index contributed by atoms with van der Waals surface area (Å²) in [6, 6.07) is 16.3. The van der Waals surface area contributed by atoms with Gasteiger partial charge in [0.25, 0.3) is 0 Å². The Morgan fingerprint density at radius 3 is 2.52 bits per heavy atom. The third-order valence-electron chi connectivity index (χ3n) is 3.62. The molecule has 2 amide bonds. The fourth-order valence-corrected chi connectivity index (χ4v) is 2.58. The van der Waals surface area contributed by atoms with E-state index < -0.39 is 5.92 Å². The van der Waals surface area contributed by atoms with Gasteiger partial charge in [0.1, 0.15) is 0 Å². The van der Waals surface area contributed by atoms with Crippen LogP contribution in [0.4, 0.5) is 5.69 Å². The van der Waals surface area contributed by atoms with Crippen LogP contribution in [-0.2, 0) is 9.59 Å². The first-order valence-corrected chi connectivity index (χ1v) is 6.69. The lowest BCUT2D eigenvalue weighted by Crippen LogP contribution is -2.30. The predicted octanol–water partition coefficient (Wildman–Crippen LogP) is 2.72. The number of amides is 2. The number of carbonyl (C=O) groups excluding carboxylic acids is 2. The highest BCUT2D eigenvalue weighted by Gasteiger charge is 2.40. The van der Waals surface area contributed by atoms with E-state index in [1.165, 1.54) is 4.90 Å². The summed E-state index contributed by atoms with van der Waals surface area (Å²) in [6.07, 6.45) is 5.56. The number of benzene rings is 2. The third-order valence-corrected chi connectivity index (χ3v) is 3.62. The summed E-state index contributed by atoms with van der Waals surface area (Å²) in [7, 11) is 0. The average molecular weight is 275 g/mol. The van der Waals surface area contributed by atoms with Gasteiger partial charge in [-0.3, -0.25) is 9.59 Å². The Balaban J connectivity index is 1.96.